The smallest absolute Gasteiger partial charge is 0.241 e. The second kappa shape index (κ2) is 11.4. The fourth-order valence-corrected chi connectivity index (χ4v) is 3.93. The van der Waals surface area contributed by atoms with E-state index in [0.717, 1.165) is 25.7 Å². The number of methoxy groups -OCH3 is 1. The Hall–Kier alpha value is -1.36. The Bertz CT molecular complexity index is 436. The van der Waals surface area contributed by atoms with Crippen molar-refractivity contribution in [3.63, 3.8) is 0 Å². The molecule has 0 aliphatic heterocycles. The van der Waals surface area contributed by atoms with Crippen LogP contribution in [0, 0.1) is 5.41 Å². The van der Waals surface area contributed by atoms with Crippen molar-refractivity contribution in [2.24, 2.45) is 5.41 Å². The van der Waals surface area contributed by atoms with Crippen LogP contribution in [0.25, 0.3) is 0 Å². The lowest BCUT2D eigenvalue weighted by Gasteiger charge is -2.44. The van der Waals surface area contributed by atoms with Gasteiger partial charge in [0, 0.05) is 33.3 Å². The fourth-order valence-electron chi connectivity index (χ4n) is 3.93. The molecule has 1 rings (SSSR count). The lowest BCUT2D eigenvalue weighted by molar-refractivity contribution is -0.167. The van der Waals surface area contributed by atoms with Crippen molar-refractivity contribution < 1.29 is 14.3 Å². The summed E-state index contributed by atoms with van der Waals surface area (Å²) in [6.45, 7) is 11.0. The summed E-state index contributed by atoms with van der Waals surface area (Å²) < 4.78 is 5.72. The molecule has 26 heavy (non-hydrogen) atoms. The first kappa shape index (κ1) is 22.7. The lowest BCUT2D eigenvalue weighted by atomic mass is 9.71. The number of ether oxygens (including phenoxy) is 1. The zero-order valence-corrected chi connectivity index (χ0v) is 17.4. The van der Waals surface area contributed by atoms with Crippen LogP contribution in [0.2, 0.25) is 0 Å². The number of allylic oxidation sites excluding steroid dienone is 1. The van der Waals surface area contributed by atoms with E-state index < -0.39 is 11.5 Å². The summed E-state index contributed by atoms with van der Waals surface area (Å²) in [4.78, 5) is 31.1. The van der Waals surface area contributed by atoms with Crippen molar-refractivity contribution in [2.45, 2.75) is 72.3 Å². The van der Waals surface area contributed by atoms with Crippen molar-refractivity contribution in [3.05, 3.63) is 12.2 Å². The molecule has 0 saturated carbocycles. The molecule has 150 valence electrons. The van der Waals surface area contributed by atoms with Gasteiger partial charge in [0.25, 0.3) is 0 Å². The Kier molecular flexibility index (Phi) is 9.92. The van der Waals surface area contributed by atoms with E-state index >= 15 is 0 Å². The molecule has 0 aromatic rings. The Morgan fingerprint density at radius 3 is 1.65 bits per heavy atom. The molecule has 0 bridgehead atoms. The lowest BCUT2D eigenvalue weighted by Crippen LogP contribution is -2.60. The van der Waals surface area contributed by atoms with Crippen LogP contribution in [0.3, 0.4) is 0 Å². The highest BCUT2D eigenvalue weighted by molar-refractivity contribution is 6.06. The number of hydrogen-bond donors (Lipinski definition) is 0. The SMILES string of the molecule is CCCN(CCC)C(=O)C1(C(=O)N(CCC)CCC)CC=CC[C@H]1OC. The molecule has 0 heterocycles. The Morgan fingerprint density at radius 2 is 1.31 bits per heavy atom. The van der Waals surface area contributed by atoms with Crippen molar-refractivity contribution in [2.75, 3.05) is 33.3 Å². The van der Waals surface area contributed by atoms with Crippen molar-refractivity contribution >= 4 is 11.8 Å². The molecule has 0 fully saturated rings. The van der Waals surface area contributed by atoms with Crippen LogP contribution in [0.1, 0.15) is 66.2 Å². The van der Waals surface area contributed by atoms with E-state index in [1.165, 1.54) is 0 Å². The summed E-state index contributed by atoms with van der Waals surface area (Å²) in [5, 5.41) is 0. The largest absolute Gasteiger partial charge is 0.379 e. The van der Waals surface area contributed by atoms with Crippen molar-refractivity contribution in [1.82, 2.24) is 9.80 Å². The molecular weight excluding hydrogens is 328 g/mol. The topological polar surface area (TPSA) is 49.9 Å². The number of carbonyl (C=O) groups excluding carboxylic acids is 2. The molecule has 0 aromatic heterocycles. The molecule has 0 aromatic carbocycles. The zero-order valence-electron chi connectivity index (χ0n) is 17.4. The number of carbonyl (C=O) groups is 2. The maximum absolute atomic E-state index is 13.7. The van der Waals surface area contributed by atoms with Crippen LogP contribution >= 0.6 is 0 Å². The quantitative estimate of drug-likeness (QED) is 0.414. The molecule has 0 unspecified atom stereocenters. The summed E-state index contributed by atoms with van der Waals surface area (Å²) >= 11 is 0. The summed E-state index contributed by atoms with van der Waals surface area (Å²) in [5.74, 6) is -0.112. The van der Waals surface area contributed by atoms with E-state index in [9.17, 15) is 9.59 Å². The highest BCUT2D eigenvalue weighted by Crippen LogP contribution is 2.39. The number of hydrogen-bond acceptors (Lipinski definition) is 3. The third kappa shape index (κ3) is 4.87. The summed E-state index contributed by atoms with van der Waals surface area (Å²) in [7, 11) is 1.62. The van der Waals surface area contributed by atoms with Gasteiger partial charge in [0.05, 0.1) is 6.10 Å². The Labute approximate surface area is 159 Å². The van der Waals surface area contributed by atoms with Gasteiger partial charge in [-0.1, -0.05) is 39.8 Å². The highest BCUT2D eigenvalue weighted by Gasteiger charge is 2.55. The number of amides is 2. The van der Waals surface area contributed by atoms with Crippen molar-refractivity contribution in [3.8, 4) is 0 Å². The van der Waals surface area contributed by atoms with E-state index in [0.29, 0.717) is 39.0 Å². The zero-order chi connectivity index (χ0) is 19.6. The molecular formula is C21H38N2O3. The minimum absolute atomic E-state index is 0.0559. The maximum Gasteiger partial charge on any atom is 0.241 e. The van der Waals surface area contributed by atoms with E-state index in [1.807, 2.05) is 22.0 Å². The van der Waals surface area contributed by atoms with Gasteiger partial charge in [-0.3, -0.25) is 9.59 Å². The van der Waals surface area contributed by atoms with Gasteiger partial charge in [-0.2, -0.15) is 0 Å². The number of nitrogens with zero attached hydrogens (tertiary/aromatic N) is 2. The second-order valence-corrected chi connectivity index (χ2v) is 7.19. The van der Waals surface area contributed by atoms with E-state index in [-0.39, 0.29) is 11.8 Å². The first-order valence-electron chi connectivity index (χ1n) is 10.3. The highest BCUT2D eigenvalue weighted by atomic mass is 16.5. The minimum Gasteiger partial charge on any atom is -0.379 e. The normalized spacial score (nSPS) is 18.6. The third-order valence-corrected chi connectivity index (χ3v) is 5.10. The van der Waals surface area contributed by atoms with Crippen LogP contribution in [0.15, 0.2) is 12.2 Å². The van der Waals surface area contributed by atoms with E-state index in [4.69, 9.17) is 4.74 Å². The number of rotatable bonds is 11. The summed E-state index contributed by atoms with van der Waals surface area (Å²) in [5.41, 5.74) is -1.13. The predicted molar refractivity (Wildman–Crippen MR) is 106 cm³/mol. The molecule has 0 N–H and O–H groups in total. The van der Waals surface area contributed by atoms with Gasteiger partial charge < -0.3 is 14.5 Å². The average molecular weight is 367 g/mol. The molecule has 5 heteroatoms. The van der Waals surface area contributed by atoms with Gasteiger partial charge in [-0.25, -0.2) is 0 Å². The minimum atomic E-state index is -1.13. The standard InChI is InChI=1S/C21H38N2O3/c1-6-14-22(15-7-2)19(24)21(13-11-10-12-18(21)26-5)20(25)23(16-8-3)17-9-4/h10-11,18H,6-9,12-17H2,1-5H3/t18-/m1/s1. The first-order valence-corrected chi connectivity index (χ1v) is 10.3. The van der Waals surface area contributed by atoms with Gasteiger partial charge in [0.2, 0.25) is 11.8 Å². The van der Waals surface area contributed by atoms with Gasteiger partial charge >= 0.3 is 0 Å². The van der Waals surface area contributed by atoms with Gasteiger partial charge in [0.15, 0.2) is 5.41 Å². The van der Waals surface area contributed by atoms with Crippen LogP contribution < -0.4 is 0 Å². The summed E-state index contributed by atoms with van der Waals surface area (Å²) in [6.07, 6.45) is 8.18. The van der Waals surface area contributed by atoms with Crippen LogP contribution in [0.5, 0.6) is 0 Å². The second-order valence-electron chi connectivity index (χ2n) is 7.19. The molecule has 1 atom stereocenters. The molecule has 5 nitrogen and oxygen atoms in total. The predicted octanol–water partition coefficient (Wildman–Crippen LogP) is 3.64. The van der Waals surface area contributed by atoms with Gasteiger partial charge in [-0.05, 0) is 38.5 Å². The third-order valence-electron chi connectivity index (χ3n) is 5.10. The van der Waals surface area contributed by atoms with Gasteiger partial charge in [-0.15, -0.1) is 0 Å². The fraction of sp³-hybridized carbons (Fsp3) is 0.810. The monoisotopic (exact) mass is 366 g/mol. The van der Waals surface area contributed by atoms with Crippen LogP contribution in [-0.4, -0.2) is 61.0 Å². The molecule has 1 aliphatic rings. The first-order chi connectivity index (χ1) is 12.5. The van der Waals surface area contributed by atoms with Gasteiger partial charge in [0.1, 0.15) is 0 Å². The molecule has 0 spiro atoms. The average Bonchev–Trinajstić information content (AvgIpc) is 2.66. The Balaban J connectivity index is 3.35. The van der Waals surface area contributed by atoms with E-state index in [1.54, 1.807) is 7.11 Å². The molecule has 1 aliphatic carbocycles. The maximum atomic E-state index is 13.7. The molecule has 0 saturated heterocycles. The summed E-state index contributed by atoms with van der Waals surface area (Å²) in [6, 6.07) is 0. The van der Waals surface area contributed by atoms with Crippen LogP contribution in [0.4, 0.5) is 0 Å². The molecule has 0 radical (unpaired) electrons. The Morgan fingerprint density at radius 1 is 0.885 bits per heavy atom. The van der Waals surface area contributed by atoms with Crippen molar-refractivity contribution in [1.29, 1.82) is 0 Å². The van der Waals surface area contributed by atoms with E-state index in [2.05, 4.69) is 27.7 Å². The van der Waals surface area contributed by atoms with Crippen LogP contribution in [-0.2, 0) is 14.3 Å². The molecule has 2 amide bonds.